The van der Waals surface area contributed by atoms with Gasteiger partial charge in [-0.3, -0.25) is 4.79 Å². The Hall–Kier alpha value is -3.80. The highest BCUT2D eigenvalue weighted by atomic mass is 32.2. The van der Waals surface area contributed by atoms with Crippen LogP contribution in [-0.4, -0.2) is 34.8 Å². The number of carbonyl (C=O) groups is 1. The first kappa shape index (κ1) is 28.8. The lowest BCUT2D eigenvalue weighted by Gasteiger charge is -2.18. The van der Waals surface area contributed by atoms with Crippen LogP contribution in [0.2, 0.25) is 0 Å². The maximum atomic E-state index is 14.6. The van der Waals surface area contributed by atoms with Crippen molar-refractivity contribution in [3.8, 4) is 22.6 Å². The first-order chi connectivity index (χ1) is 17.7. The fourth-order valence-electron chi connectivity index (χ4n) is 3.91. The number of rotatable bonds is 8. The smallest absolute Gasteiger partial charge is 0.416 e. The van der Waals surface area contributed by atoms with E-state index in [0.29, 0.717) is 22.6 Å². The Morgan fingerprint density at radius 1 is 1.03 bits per heavy atom. The molecule has 1 amide bonds. The van der Waals surface area contributed by atoms with Crippen LogP contribution in [0.3, 0.4) is 0 Å². The lowest BCUT2D eigenvalue weighted by atomic mass is 9.95. The molecule has 0 aromatic heterocycles. The van der Waals surface area contributed by atoms with Crippen LogP contribution in [-0.2, 0) is 27.4 Å². The summed E-state index contributed by atoms with van der Waals surface area (Å²) < 4.78 is 88.9. The van der Waals surface area contributed by atoms with Gasteiger partial charge in [0.15, 0.2) is 27.2 Å². The van der Waals surface area contributed by atoms with E-state index in [0.717, 1.165) is 24.5 Å². The van der Waals surface area contributed by atoms with E-state index in [1.165, 1.54) is 39.3 Å². The van der Waals surface area contributed by atoms with Gasteiger partial charge in [-0.25, -0.2) is 12.8 Å². The number of alkyl halides is 3. The number of hydrogen-bond acceptors (Lipinski definition) is 6. The lowest BCUT2D eigenvalue weighted by molar-refractivity contribution is -0.137. The minimum atomic E-state index is -4.60. The van der Waals surface area contributed by atoms with E-state index in [4.69, 9.17) is 15.2 Å². The number of nitrogens with one attached hydrogen (secondary N) is 1. The van der Waals surface area contributed by atoms with Gasteiger partial charge in [0, 0.05) is 12.8 Å². The van der Waals surface area contributed by atoms with Crippen LogP contribution in [0, 0.1) is 5.82 Å². The largest absolute Gasteiger partial charge is 0.493 e. The Morgan fingerprint density at radius 2 is 1.68 bits per heavy atom. The molecule has 1 unspecified atom stereocenters. The molecule has 3 rings (SSSR count). The Morgan fingerprint density at radius 3 is 2.26 bits per heavy atom. The average molecular weight is 555 g/mol. The number of nitrogens with two attached hydrogens (primary N) is 1. The van der Waals surface area contributed by atoms with Crippen LogP contribution in [0.1, 0.15) is 29.5 Å². The van der Waals surface area contributed by atoms with Crippen molar-refractivity contribution in [1.29, 1.82) is 0 Å². The SMILES string of the molecule is COc1ccc(-c2cc(C(F)(F)F)ccc2CNC(=O)C(C)c2ccc(S(C)(=O)=O)c(F)c2N)cc1OC. The van der Waals surface area contributed by atoms with Crippen molar-refractivity contribution in [3.05, 3.63) is 71.0 Å². The highest BCUT2D eigenvalue weighted by Crippen LogP contribution is 2.37. The van der Waals surface area contributed by atoms with E-state index in [-0.39, 0.29) is 17.7 Å². The van der Waals surface area contributed by atoms with Gasteiger partial charge in [-0.05, 0) is 59.5 Å². The van der Waals surface area contributed by atoms with Crippen molar-refractivity contribution < 1.29 is 40.2 Å². The van der Waals surface area contributed by atoms with Gasteiger partial charge >= 0.3 is 6.18 Å². The number of carbonyl (C=O) groups excluding carboxylic acids is 1. The first-order valence-corrected chi connectivity index (χ1v) is 13.1. The van der Waals surface area contributed by atoms with E-state index in [9.17, 15) is 30.8 Å². The summed E-state index contributed by atoms with van der Waals surface area (Å²) in [6.07, 6.45) is -3.76. The molecular weight excluding hydrogens is 528 g/mol. The summed E-state index contributed by atoms with van der Waals surface area (Å²) in [4.78, 5) is 12.3. The molecule has 3 aromatic rings. The van der Waals surface area contributed by atoms with Crippen molar-refractivity contribution in [1.82, 2.24) is 5.32 Å². The zero-order chi connectivity index (χ0) is 28.4. The van der Waals surface area contributed by atoms with Crippen molar-refractivity contribution in [2.75, 3.05) is 26.2 Å². The number of benzene rings is 3. The normalized spacial score (nSPS) is 12.6. The third-order valence-electron chi connectivity index (χ3n) is 6.02. The Kier molecular flexibility index (Phi) is 8.25. The summed E-state index contributed by atoms with van der Waals surface area (Å²) in [5.74, 6) is -2.04. The van der Waals surface area contributed by atoms with Gasteiger partial charge in [-0.15, -0.1) is 0 Å². The zero-order valence-electron chi connectivity index (χ0n) is 20.9. The molecule has 204 valence electrons. The average Bonchev–Trinajstić information content (AvgIpc) is 2.86. The van der Waals surface area contributed by atoms with Gasteiger partial charge in [-0.1, -0.05) is 18.2 Å². The minimum absolute atomic E-state index is 0.0694. The number of hydrogen-bond donors (Lipinski definition) is 2. The number of methoxy groups -OCH3 is 2. The van der Waals surface area contributed by atoms with Gasteiger partial charge in [-0.2, -0.15) is 13.2 Å². The van der Waals surface area contributed by atoms with Crippen LogP contribution in [0.15, 0.2) is 53.4 Å². The summed E-state index contributed by atoms with van der Waals surface area (Å²) in [6.45, 7) is 1.29. The Balaban J connectivity index is 1.94. The molecule has 3 aromatic carbocycles. The maximum absolute atomic E-state index is 14.6. The minimum Gasteiger partial charge on any atom is -0.493 e. The van der Waals surface area contributed by atoms with E-state index in [2.05, 4.69) is 5.32 Å². The number of sulfone groups is 1. The molecule has 0 aliphatic heterocycles. The van der Waals surface area contributed by atoms with E-state index in [1.807, 2.05) is 0 Å². The van der Waals surface area contributed by atoms with Gasteiger partial charge in [0.2, 0.25) is 5.91 Å². The molecule has 7 nitrogen and oxygen atoms in total. The predicted octanol–water partition coefficient (Wildman–Crippen LogP) is 4.93. The summed E-state index contributed by atoms with van der Waals surface area (Å²) in [7, 11) is -1.05. The van der Waals surface area contributed by atoms with Crippen LogP contribution in [0.25, 0.3) is 11.1 Å². The molecule has 1 atom stereocenters. The molecule has 12 heteroatoms. The number of nitrogen functional groups attached to an aromatic ring is 1. The van der Waals surface area contributed by atoms with Crippen molar-refractivity contribution >= 4 is 21.4 Å². The second-order valence-electron chi connectivity index (χ2n) is 8.53. The summed E-state index contributed by atoms with van der Waals surface area (Å²) in [5.41, 5.74) is 5.48. The molecule has 0 radical (unpaired) electrons. The van der Waals surface area contributed by atoms with E-state index >= 15 is 0 Å². The lowest BCUT2D eigenvalue weighted by Crippen LogP contribution is -2.28. The Bertz CT molecular complexity index is 1470. The molecule has 0 saturated heterocycles. The van der Waals surface area contributed by atoms with Gasteiger partial charge in [0.1, 0.15) is 4.90 Å². The number of ether oxygens (including phenoxy) is 2. The molecule has 0 aliphatic carbocycles. The highest BCUT2D eigenvalue weighted by Gasteiger charge is 2.31. The summed E-state index contributed by atoms with van der Waals surface area (Å²) in [5, 5.41) is 2.64. The van der Waals surface area contributed by atoms with Gasteiger partial charge in [0.25, 0.3) is 0 Å². The number of anilines is 1. The Labute approximate surface area is 217 Å². The third-order valence-corrected chi connectivity index (χ3v) is 7.14. The molecule has 0 heterocycles. The first-order valence-electron chi connectivity index (χ1n) is 11.2. The van der Waals surface area contributed by atoms with Crippen molar-refractivity contribution in [3.63, 3.8) is 0 Å². The second-order valence-corrected chi connectivity index (χ2v) is 10.5. The molecule has 3 N–H and O–H groups in total. The van der Waals surface area contributed by atoms with Gasteiger partial charge in [0.05, 0.1) is 31.4 Å². The number of halogens is 4. The van der Waals surface area contributed by atoms with E-state index < -0.39 is 49.8 Å². The topological polar surface area (TPSA) is 108 Å². The van der Waals surface area contributed by atoms with Crippen LogP contribution >= 0.6 is 0 Å². The third kappa shape index (κ3) is 6.01. The molecule has 0 aliphatic rings. The summed E-state index contributed by atoms with van der Waals surface area (Å²) in [6, 6.07) is 10.1. The molecular formula is C26H26F4N2O5S. The monoisotopic (exact) mass is 554 g/mol. The molecule has 38 heavy (non-hydrogen) atoms. The van der Waals surface area contributed by atoms with E-state index in [1.54, 1.807) is 12.1 Å². The van der Waals surface area contributed by atoms with Crippen molar-refractivity contribution in [2.45, 2.75) is 30.5 Å². The molecule has 0 spiro atoms. The molecule has 0 saturated carbocycles. The van der Waals surface area contributed by atoms with Crippen LogP contribution in [0.5, 0.6) is 11.5 Å². The standard InChI is InChI=1S/C26H26F4N2O5S/c1-14(18-8-10-22(38(4,34)35)23(27)24(18)31)25(33)32-13-16-5-7-17(26(28,29)30)12-19(16)15-6-9-20(36-2)21(11-15)37-3/h5-12,14H,13,31H2,1-4H3,(H,32,33). The zero-order valence-corrected chi connectivity index (χ0v) is 21.8. The van der Waals surface area contributed by atoms with Crippen LogP contribution < -0.4 is 20.5 Å². The number of amides is 1. The predicted molar refractivity (Wildman–Crippen MR) is 134 cm³/mol. The summed E-state index contributed by atoms with van der Waals surface area (Å²) >= 11 is 0. The highest BCUT2D eigenvalue weighted by molar-refractivity contribution is 7.90. The fraction of sp³-hybridized carbons (Fsp3) is 0.269. The molecule has 0 bridgehead atoms. The molecule has 0 fully saturated rings. The van der Waals surface area contributed by atoms with Gasteiger partial charge < -0.3 is 20.5 Å². The van der Waals surface area contributed by atoms with Crippen molar-refractivity contribution in [2.24, 2.45) is 0 Å². The second kappa shape index (κ2) is 10.9. The fourth-order valence-corrected chi connectivity index (χ4v) is 4.66. The quantitative estimate of drug-likeness (QED) is 0.302. The van der Waals surface area contributed by atoms with Crippen LogP contribution in [0.4, 0.5) is 23.2 Å². The maximum Gasteiger partial charge on any atom is 0.416 e.